The average molecular weight is 339 g/mol. The highest BCUT2D eigenvalue weighted by Gasteiger charge is 2.09. The van der Waals surface area contributed by atoms with Gasteiger partial charge in [0.1, 0.15) is 0 Å². The average Bonchev–Trinajstić information content (AvgIpc) is 2.78. The minimum atomic E-state index is 0.00839. The third-order valence-corrected chi connectivity index (χ3v) is 6.06. The summed E-state index contributed by atoms with van der Waals surface area (Å²) in [5.41, 5.74) is 3.48. The Morgan fingerprint density at radius 1 is 1.38 bits per heavy atom. The minimum absolute atomic E-state index is 0.00839. The number of nitrogens with one attached hydrogen (secondary N) is 1. The van der Waals surface area contributed by atoms with Gasteiger partial charge in [-0.3, -0.25) is 4.79 Å². The minimum Gasteiger partial charge on any atom is -0.301 e. The van der Waals surface area contributed by atoms with Crippen LogP contribution in [0.3, 0.4) is 0 Å². The highest BCUT2D eigenvalue weighted by atomic mass is 32.2. The van der Waals surface area contributed by atoms with Gasteiger partial charge in [0.25, 0.3) is 0 Å². The van der Waals surface area contributed by atoms with Crippen LogP contribution in [0, 0.1) is 13.8 Å². The molecule has 0 aliphatic rings. The molecule has 0 saturated heterocycles. The number of anilines is 1. The van der Waals surface area contributed by atoms with Crippen molar-refractivity contribution in [2.24, 2.45) is 0 Å². The highest BCUT2D eigenvalue weighted by molar-refractivity contribution is 8.00. The summed E-state index contributed by atoms with van der Waals surface area (Å²) in [6.45, 7) is 4.04. The Morgan fingerprint density at radius 3 is 2.86 bits per heavy atom. The van der Waals surface area contributed by atoms with E-state index in [1.54, 1.807) is 23.5 Å². The maximum Gasteiger partial charge on any atom is 0.236 e. The van der Waals surface area contributed by atoms with Crippen LogP contribution >= 0.6 is 34.9 Å². The molecule has 2 aromatic rings. The lowest BCUT2D eigenvalue weighted by Gasteiger charge is -2.03. The van der Waals surface area contributed by atoms with Crippen molar-refractivity contribution in [2.45, 2.75) is 23.8 Å². The first kappa shape index (κ1) is 16.4. The molecule has 1 amide bonds. The predicted octanol–water partition coefficient (Wildman–Crippen LogP) is 4.35. The van der Waals surface area contributed by atoms with E-state index in [0.29, 0.717) is 10.9 Å². The zero-order chi connectivity index (χ0) is 15.2. The van der Waals surface area contributed by atoms with Gasteiger partial charge in [0.2, 0.25) is 5.91 Å². The molecule has 21 heavy (non-hydrogen) atoms. The van der Waals surface area contributed by atoms with Gasteiger partial charge >= 0.3 is 0 Å². The number of amides is 1. The van der Waals surface area contributed by atoms with Gasteiger partial charge in [-0.15, -0.1) is 23.5 Å². The molecule has 1 aromatic carbocycles. The molecule has 0 radical (unpaired) electrons. The molecule has 1 N–H and O–H groups in total. The molecule has 1 aromatic heterocycles. The number of thioether (sulfide) groups is 2. The molecule has 1 heterocycles. The van der Waals surface area contributed by atoms with Crippen LogP contribution in [0.1, 0.15) is 16.8 Å². The Balaban J connectivity index is 1.79. The van der Waals surface area contributed by atoms with Gasteiger partial charge in [0, 0.05) is 5.75 Å². The largest absolute Gasteiger partial charge is 0.301 e. The monoisotopic (exact) mass is 338 g/mol. The second-order valence-corrected chi connectivity index (χ2v) is 7.69. The molecule has 0 aliphatic carbocycles. The summed E-state index contributed by atoms with van der Waals surface area (Å²) >= 11 is 4.81. The number of hydrogen-bond donors (Lipinski definition) is 1. The van der Waals surface area contributed by atoms with Crippen molar-refractivity contribution < 1.29 is 4.79 Å². The summed E-state index contributed by atoms with van der Waals surface area (Å²) in [6.07, 6.45) is 2.02. The lowest BCUT2D eigenvalue weighted by Crippen LogP contribution is -2.13. The predicted molar refractivity (Wildman–Crippen MR) is 94.6 cm³/mol. The summed E-state index contributed by atoms with van der Waals surface area (Å²) in [7, 11) is 0. The molecule has 0 saturated carbocycles. The van der Waals surface area contributed by atoms with Crippen molar-refractivity contribution >= 4 is 45.9 Å². The van der Waals surface area contributed by atoms with Crippen LogP contribution in [0.4, 0.5) is 5.13 Å². The Labute approximate surface area is 137 Å². The standard InChI is InChI=1S/C15H18N2OS3/c1-10-5-4-6-12(7-10)8-20-9-13(18)17-15-16-11(2)14(19-3)21-15/h4-7H,8-9H2,1-3H3,(H,16,17,18). The Morgan fingerprint density at radius 2 is 2.19 bits per heavy atom. The number of carbonyl (C=O) groups is 1. The molecule has 3 nitrogen and oxygen atoms in total. The van der Waals surface area contributed by atoms with E-state index < -0.39 is 0 Å². The van der Waals surface area contributed by atoms with E-state index in [1.807, 2.05) is 19.2 Å². The Bertz CT molecular complexity index is 625. The quantitative estimate of drug-likeness (QED) is 0.795. The number of rotatable bonds is 6. The van der Waals surface area contributed by atoms with Crippen LogP contribution in [-0.4, -0.2) is 22.9 Å². The van der Waals surface area contributed by atoms with Gasteiger partial charge in [-0.1, -0.05) is 41.2 Å². The number of aryl methyl sites for hydroxylation is 2. The number of hydrogen-bond acceptors (Lipinski definition) is 5. The first-order valence-corrected chi connectivity index (χ1v) is 9.72. The van der Waals surface area contributed by atoms with Crippen LogP contribution in [0.25, 0.3) is 0 Å². The molecule has 2 rings (SSSR count). The summed E-state index contributed by atoms with van der Waals surface area (Å²) in [4.78, 5) is 16.3. The van der Waals surface area contributed by atoms with Gasteiger partial charge in [-0.05, 0) is 25.7 Å². The summed E-state index contributed by atoms with van der Waals surface area (Å²) < 4.78 is 1.15. The zero-order valence-electron chi connectivity index (χ0n) is 12.3. The van der Waals surface area contributed by atoms with E-state index in [9.17, 15) is 4.79 Å². The molecule has 0 spiro atoms. The van der Waals surface area contributed by atoms with E-state index in [-0.39, 0.29) is 5.91 Å². The second-order valence-electron chi connectivity index (χ2n) is 4.63. The summed E-state index contributed by atoms with van der Waals surface area (Å²) in [5.74, 6) is 1.30. The molecule has 0 unspecified atom stereocenters. The lowest BCUT2D eigenvalue weighted by molar-refractivity contribution is -0.113. The lowest BCUT2D eigenvalue weighted by atomic mass is 10.2. The van der Waals surface area contributed by atoms with E-state index >= 15 is 0 Å². The summed E-state index contributed by atoms with van der Waals surface area (Å²) in [5, 5.41) is 3.56. The molecule has 112 valence electrons. The number of carbonyl (C=O) groups excluding carboxylic acids is 1. The fourth-order valence-corrected chi connectivity index (χ4v) is 4.25. The van der Waals surface area contributed by atoms with Gasteiger partial charge in [0.15, 0.2) is 5.13 Å². The topological polar surface area (TPSA) is 42.0 Å². The van der Waals surface area contributed by atoms with E-state index in [0.717, 1.165) is 15.7 Å². The van der Waals surface area contributed by atoms with Gasteiger partial charge in [-0.2, -0.15) is 0 Å². The summed E-state index contributed by atoms with van der Waals surface area (Å²) in [6, 6.07) is 8.37. The molecule has 0 aliphatic heterocycles. The van der Waals surface area contributed by atoms with Crippen molar-refractivity contribution in [2.75, 3.05) is 17.3 Å². The smallest absolute Gasteiger partial charge is 0.236 e. The molecule has 0 atom stereocenters. The second kappa shape index (κ2) is 7.87. The molecule has 0 bridgehead atoms. The first-order chi connectivity index (χ1) is 10.1. The van der Waals surface area contributed by atoms with Crippen molar-refractivity contribution in [3.63, 3.8) is 0 Å². The number of nitrogens with zero attached hydrogens (tertiary/aromatic N) is 1. The zero-order valence-corrected chi connectivity index (χ0v) is 14.8. The normalized spacial score (nSPS) is 10.6. The van der Waals surface area contributed by atoms with Crippen molar-refractivity contribution in [3.8, 4) is 0 Å². The maximum absolute atomic E-state index is 11.9. The number of benzene rings is 1. The molecular formula is C15H18N2OS3. The molecule has 6 heteroatoms. The highest BCUT2D eigenvalue weighted by Crippen LogP contribution is 2.30. The SMILES string of the molecule is CSc1sc(NC(=O)CSCc2cccc(C)c2)nc1C. The number of aromatic nitrogens is 1. The molecule has 0 fully saturated rings. The third-order valence-electron chi connectivity index (χ3n) is 2.77. The van der Waals surface area contributed by atoms with Crippen LogP contribution in [0.5, 0.6) is 0 Å². The first-order valence-electron chi connectivity index (χ1n) is 6.53. The van der Waals surface area contributed by atoms with E-state index in [4.69, 9.17) is 0 Å². The fourth-order valence-electron chi connectivity index (χ4n) is 1.84. The van der Waals surface area contributed by atoms with E-state index in [1.165, 1.54) is 22.5 Å². The van der Waals surface area contributed by atoms with Gasteiger partial charge < -0.3 is 5.32 Å². The third kappa shape index (κ3) is 5.05. The van der Waals surface area contributed by atoms with Crippen LogP contribution in [0.15, 0.2) is 28.5 Å². The van der Waals surface area contributed by atoms with E-state index in [2.05, 4.69) is 35.4 Å². The van der Waals surface area contributed by atoms with Crippen molar-refractivity contribution in [3.05, 3.63) is 41.1 Å². The maximum atomic E-state index is 11.9. The van der Waals surface area contributed by atoms with Crippen molar-refractivity contribution in [1.82, 2.24) is 4.98 Å². The van der Waals surface area contributed by atoms with Gasteiger partial charge in [-0.25, -0.2) is 4.98 Å². The number of thiazole rings is 1. The Hall–Kier alpha value is -0.980. The molecular weight excluding hydrogens is 320 g/mol. The van der Waals surface area contributed by atoms with Crippen LogP contribution in [0.2, 0.25) is 0 Å². The fraction of sp³-hybridized carbons (Fsp3) is 0.333. The van der Waals surface area contributed by atoms with Crippen molar-refractivity contribution in [1.29, 1.82) is 0 Å². The van der Waals surface area contributed by atoms with Crippen LogP contribution in [-0.2, 0) is 10.5 Å². The Kier molecular flexibility index (Phi) is 6.14. The van der Waals surface area contributed by atoms with Crippen LogP contribution < -0.4 is 5.32 Å². The van der Waals surface area contributed by atoms with Gasteiger partial charge in [0.05, 0.1) is 15.7 Å².